The Morgan fingerprint density at radius 3 is 2.44 bits per heavy atom. The van der Waals surface area contributed by atoms with Gasteiger partial charge < -0.3 is 20.5 Å². The summed E-state index contributed by atoms with van der Waals surface area (Å²) in [5.41, 5.74) is 0.322. The van der Waals surface area contributed by atoms with Gasteiger partial charge in [-0.2, -0.15) is 0 Å². The third kappa shape index (κ3) is 6.03. The lowest BCUT2D eigenvalue weighted by Gasteiger charge is -2.13. The highest BCUT2D eigenvalue weighted by Crippen LogP contribution is 2.17. The summed E-state index contributed by atoms with van der Waals surface area (Å²) >= 11 is 0. The number of benzene rings is 2. The number of nitrogens with one attached hydrogen (secondary N) is 2. The van der Waals surface area contributed by atoms with E-state index in [0.717, 1.165) is 12.1 Å². The van der Waals surface area contributed by atoms with Crippen molar-refractivity contribution in [2.75, 3.05) is 20.2 Å². The second-order valence-electron chi connectivity index (χ2n) is 5.72. The van der Waals surface area contributed by atoms with E-state index in [9.17, 15) is 23.5 Å². The summed E-state index contributed by atoms with van der Waals surface area (Å²) in [5.74, 6) is -2.22. The van der Waals surface area contributed by atoms with Crippen LogP contribution in [0.4, 0.5) is 8.78 Å². The molecule has 27 heavy (non-hydrogen) atoms. The SMILES string of the molecule is COc1ccc(C(O)CNC(=O)CCNC(=O)c2ccc(F)cc2F)cc1. The van der Waals surface area contributed by atoms with E-state index in [1.807, 2.05) is 0 Å². The fraction of sp³-hybridized carbons (Fsp3) is 0.263. The number of carbonyl (C=O) groups is 2. The summed E-state index contributed by atoms with van der Waals surface area (Å²) in [4.78, 5) is 23.6. The summed E-state index contributed by atoms with van der Waals surface area (Å²) in [5, 5.41) is 15.0. The van der Waals surface area contributed by atoms with Crippen LogP contribution in [-0.2, 0) is 4.79 Å². The number of halogens is 2. The second-order valence-corrected chi connectivity index (χ2v) is 5.72. The molecule has 2 rings (SSSR count). The van der Waals surface area contributed by atoms with E-state index in [4.69, 9.17) is 4.74 Å². The molecule has 8 heteroatoms. The van der Waals surface area contributed by atoms with Crippen molar-refractivity contribution < 1.29 is 28.2 Å². The maximum atomic E-state index is 13.5. The molecule has 6 nitrogen and oxygen atoms in total. The van der Waals surface area contributed by atoms with Gasteiger partial charge in [-0.05, 0) is 29.8 Å². The molecular weight excluding hydrogens is 358 g/mol. The lowest BCUT2D eigenvalue weighted by Crippen LogP contribution is -2.33. The molecule has 0 saturated carbocycles. The predicted octanol–water partition coefficient (Wildman–Crippen LogP) is 1.94. The number of methoxy groups -OCH3 is 1. The van der Waals surface area contributed by atoms with Gasteiger partial charge in [0, 0.05) is 25.6 Å². The van der Waals surface area contributed by atoms with Gasteiger partial charge in [-0.3, -0.25) is 9.59 Å². The van der Waals surface area contributed by atoms with Crippen LogP contribution in [0.3, 0.4) is 0 Å². The molecule has 0 radical (unpaired) electrons. The quantitative estimate of drug-likeness (QED) is 0.655. The highest BCUT2D eigenvalue weighted by Gasteiger charge is 2.13. The van der Waals surface area contributed by atoms with E-state index in [2.05, 4.69) is 10.6 Å². The number of amides is 2. The minimum Gasteiger partial charge on any atom is -0.497 e. The van der Waals surface area contributed by atoms with Gasteiger partial charge >= 0.3 is 0 Å². The normalized spacial score (nSPS) is 11.6. The van der Waals surface area contributed by atoms with Crippen molar-refractivity contribution in [3.8, 4) is 5.75 Å². The van der Waals surface area contributed by atoms with Crippen molar-refractivity contribution in [3.05, 3.63) is 65.2 Å². The van der Waals surface area contributed by atoms with Crippen LogP contribution in [-0.4, -0.2) is 37.1 Å². The Labute approximate surface area is 155 Å². The molecule has 0 fully saturated rings. The van der Waals surface area contributed by atoms with Gasteiger partial charge in [-0.25, -0.2) is 8.78 Å². The van der Waals surface area contributed by atoms with Gasteiger partial charge in [0.2, 0.25) is 5.91 Å². The number of hydrogen-bond acceptors (Lipinski definition) is 4. The fourth-order valence-electron chi connectivity index (χ4n) is 2.30. The number of aliphatic hydroxyl groups is 1. The van der Waals surface area contributed by atoms with Crippen molar-refractivity contribution in [1.29, 1.82) is 0 Å². The molecule has 0 heterocycles. The molecule has 2 aromatic rings. The lowest BCUT2D eigenvalue weighted by atomic mass is 10.1. The zero-order valence-corrected chi connectivity index (χ0v) is 14.7. The van der Waals surface area contributed by atoms with Crippen LogP contribution in [0.25, 0.3) is 0 Å². The highest BCUT2D eigenvalue weighted by molar-refractivity contribution is 5.94. The van der Waals surface area contributed by atoms with Gasteiger partial charge in [-0.1, -0.05) is 12.1 Å². The lowest BCUT2D eigenvalue weighted by molar-refractivity contribution is -0.121. The Kier molecular flexibility index (Phi) is 7.25. The standard InChI is InChI=1S/C19H20F2N2O4/c1-27-14-5-2-12(3-6-14)17(24)11-23-18(25)8-9-22-19(26)15-7-4-13(20)10-16(15)21/h2-7,10,17,24H,8-9,11H2,1H3,(H,22,26)(H,23,25). The van der Waals surface area contributed by atoms with Gasteiger partial charge in [-0.15, -0.1) is 0 Å². The number of aliphatic hydroxyl groups excluding tert-OH is 1. The van der Waals surface area contributed by atoms with Crippen LogP contribution in [0, 0.1) is 11.6 Å². The minimum absolute atomic E-state index is 0.00565. The maximum absolute atomic E-state index is 13.5. The first kappa shape index (κ1) is 20.3. The number of hydrogen-bond donors (Lipinski definition) is 3. The molecule has 0 aromatic heterocycles. The molecule has 1 unspecified atom stereocenters. The molecule has 2 aromatic carbocycles. The number of ether oxygens (including phenoxy) is 1. The van der Waals surface area contributed by atoms with E-state index in [0.29, 0.717) is 17.4 Å². The van der Waals surface area contributed by atoms with Crippen molar-refractivity contribution in [2.45, 2.75) is 12.5 Å². The molecule has 0 aliphatic rings. The van der Waals surface area contributed by atoms with Gasteiger partial charge in [0.25, 0.3) is 5.91 Å². The second kappa shape index (κ2) is 9.63. The fourth-order valence-corrected chi connectivity index (χ4v) is 2.30. The minimum atomic E-state index is -0.973. The monoisotopic (exact) mass is 378 g/mol. The van der Waals surface area contributed by atoms with E-state index in [1.165, 1.54) is 7.11 Å². The molecule has 144 valence electrons. The maximum Gasteiger partial charge on any atom is 0.254 e. The van der Waals surface area contributed by atoms with Gasteiger partial charge in [0.1, 0.15) is 17.4 Å². The molecule has 2 amide bonds. The van der Waals surface area contributed by atoms with Gasteiger partial charge in [0.15, 0.2) is 0 Å². The molecule has 0 aliphatic carbocycles. The molecule has 0 bridgehead atoms. The molecule has 0 aliphatic heterocycles. The first-order chi connectivity index (χ1) is 12.9. The van der Waals surface area contributed by atoms with Crippen LogP contribution >= 0.6 is 0 Å². The summed E-state index contributed by atoms with van der Waals surface area (Å²) in [6.45, 7) is -0.0220. The largest absolute Gasteiger partial charge is 0.497 e. The summed E-state index contributed by atoms with van der Waals surface area (Å²) < 4.78 is 31.3. The first-order valence-electron chi connectivity index (χ1n) is 8.22. The average Bonchev–Trinajstić information content (AvgIpc) is 2.66. The Balaban J connectivity index is 1.73. The average molecular weight is 378 g/mol. The summed E-state index contributed by atoms with van der Waals surface area (Å²) in [7, 11) is 1.54. The first-order valence-corrected chi connectivity index (χ1v) is 8.22. The van der Waals surface area contributed by atoms with Crippen LogP contribution in [0.2, 0.25) is 0 Å². The topological polar surface area (TPSA) is 87.7 Å². The third-order valence-corrected chi connectivity index (χ3v) is 3.81. The summed E-state index contributed by atoms with van der Waals surface area (Å²) in [6, 6.07) is 9.40. The predicted molar refractivity (Wildman–Crippen MR) is 94.3 cm³/mol. The smallest absolute Gasteiger partial charge is 0.254 e. The molecule has 1 atom stereocenters. The van der Waals surface area contributed by atoms with Crippen LogP contribution in [0.15, 0.2) is 42.5 Å². The van der Waals surface area contributed by atoms with Crippen molar-refractivity contribution in [1.82, 2.24) is 10.6 Å². The van der Waals surface area contributed by atoms with Crippen molar-refractivity contribution in [3.63, 3.8) is 0 Å². The van der Waals surface area contributed by atoms with Crippen LogP contribution in [0.5, 0.6) is 5.75 Å². The zero-order valence-electron chi connectivity index (χ0n) is 14.7. The van der Waals surface area contributed by atoms with E-state index < -0.39 is 23.6 Å². The molecule has 3 N–H and O–H groups in total. The molecular formula is C19H20F2N2O4. The summed E-state index contributed by atoms with van der Waals surface area (Å²) in [6.07, 6.45) is -0.938. The molecule has 0 spiro atoms. The zero-order chi connectivity index (χ0) is 19.8. The van der Waals surface area contributed by atoms with Gasteiger partial charge in [0.05, 0.1) is 18.8 Å². The number of carbonyl (C=O) groups excluding carboxylic acids is 2. The third-order valence-electron chi connectivity index (χ3n) is 3.81. The Morgan fingerprint density at radius 2 is 1.81 bits per heavy atom. The Hall–Kier alpha value is -3.00. The van der Waals surface area contributed by atoms with Crippen LogP contribution < -0.4 is 15.4 Å². The van der Waals surface area contributed by atoms with Crippen molar-refractivity contribution in [2.24, 2.45) is 0 Å². The van der Waals surface area contributed by atoms with E-state index in [-0.39, 0.29) is 31.0 Å². The molecule has 0 saturated heterocycles. The number of rotatable bonds is 8. The Bertz CT molecular complexity index is 797. The Morgan fingerprint density at radius 1 is 1.11 bits per heavy atom. The van der Waals surface area contributed by atoms with Crippen molar-refractivity contribution >= 4 is 11.8 Å². The van der Waals surface area contributed by atoms with E-state index >= 15 is 0 Å². The van der Waals surface area contributed by atoms with E-state index in [1.54, 1.807) is 24.3 Å². The highest BCUT2D eigenvalue weighted by atomic mass is 19.1. The van der Waals surface area contributed by atoms with Crippen LogP contribution in [0.1, 0.15) is 28.4 Å².